The van der Waals surface area contributed by atoms with Crippen LogP contribution in [0.4, 0.5) is 5.69 Å². The van der Waals surface area contributed by atoms with Crippen molar-refractivity contribution in [3.63, 3.8) is 0 Å². The van der Waals surface area contributed by atoms with Crippen LogP contribution in [0.15, 0.2) is 60.2 Å². The quantitative estimate of drug-likeness (QED) is 0.409. The molecule has 0 radical (unpaired) electrons. The number of carboxylic acids is 1. The number of phenolic OH excluding ortho intramolecular Hbond substituents is 1. The minimum absolute atomic E-state index is 0.0292. The number of nitrogens with zero attached hydrogens (tertiary/aromatic N) is 2. The lowest BCUT2D eigenvalue weighted by Gasteiger charge is -2.49. The lowest BCUT2D eigenvalue weighted by atomic mass is 9.51. The Morgan fingerprint density at radius 1 is 0.976 bits per heavy atom. The second kappa shape index (κ2) is 9.68. The Kier molecular flexibility index (Phi) is 6.36. The summed E-state index contributed by atoms with van der Waals surface area (Å²) in [5, 5.41) is 20.3. The summed E-state index contributed by atoms with van der Waals surface area (Å²) in [5.74, 6) is -5.57. The zero-order valence-corrected chi connectivity index (χ0v) is 22.9. The number of aliphatic carboxylic acids is 1. The highest BCUT2D eigenvalue weighted by Gasteiger charge is 2.67. The average Bonchev–Trinajstić information content (AvgIpc) is 3.30. The lowest BCUT2D eigenvalue weighted by molar-refractivity contribution is -0.142. The van der Waals surface area contributed by atoms with E-state index in [2.05, 4.69) is 0 Å². The molecule has 41 heavy (non-hydrogen) atoms. The summed E-state index contributed by atoms with van der Waals surface area (Å²) in [4.78, 5) is 69.0. The normalized spacial score (nSPS) is 30.7. The number of amides is 4. The molecule has 2 N–H and O–H groups in total. The van der Waals surface area contributed by atoms with Gasteiger partial charge in [0.25, 0.3) is 0 Å². The van der Waals surface area contributed by atoms with Gasteiger partial charge in [-0.25, -0.2) is 4.90 Å². The molecule has 2 aliphatic heterocycles. The monoisotopic (exact) mass is 556 g/mol. The number of para-hydroxylation sites is 2. The zero-order valence-electron chi connectivity index (χ0n) is 22.9. The predicted molar refractivity (Wildman–Crippen MR) is 147 cm³/mol. The van der Waals surface area contributed by atoms with E-state index in [1.807, 2.05) is 12.1 Å². The van der Waals surface area contributed by atoms with Crippen LogP contribution in [-0.2, 0) is 24.0 Å². The Morgan fingerprint density at radius 2 is 1.71 bits per heavy atom. The van der Waals surface area contributed by atoms with Crippen molar-refractivity contribution in [1.82, 2.24) is 4.90 Å². The van der Waals surface area contributed by atoms with E-state index in [0.29, 0.717) is 23.2 Å². The second-order valence-corrected chi connectivity index (χ2v) is 11.8. The number of benzene rings is 2. The van der Waals surface area contributed by atoms with Gasteiger partial charge >= 0.3 is 5.97 Å². The molecule has 4 amide bonds. The van der Waals surface area contributed by atoms with Gasteiger partial charge in [-0.1, -0.05) is 48.0 Å². The zero-order chi connectivity index (χ0) is 29.2. The number of phenols is 1. The van der Waals surface area contributed by atoms with Crippen molar-refractivity contribution in [1.29, 1.82) is 0 Å². The molecule has 6 atom stereocenters. The average molecular weight is 557 g/mol. The number of hydrogen-bond acceptors (Lipinski definition) is 6. The highest BCUT2D eigenvalue weighted by Crippen LogP contribution is 2.64. The number of aryl methyl sites for hydroxylation is 1. The molecule has 9 nitrogen and oxygen atoms in total. The molecular formula is C32H32N2O7. The number of likely N-dealkylation sites (tertiary alicyclic amines) is 1. The molecule has 4 aliphatic rings. The molecule has 0 unspecified atom stereocenters. The van der Waals surface area contributed by atoms with E-state index in [9.17, 15) is 29.1 Å². The van der Waals surface area contributed by atoms with Crippen LogP contribution in [-0.4, -0.2) is 51.3 Å². The smallest absolute Gasteiger partial charge is 0.303 e. The maximum Gasteiger partial charge on any atom is 0.303 e. The van der Waals surface area contributed by atoms with Crippen LogP contribution in [0.3, 0.4) is 0 Å². The van der Waals surface area contributed by atoms with Crippen molar-refractivity contribution in [2.45, 2.75) is 45.4 Å². The molecular weight excluding hydrogens is 524 g/mol. The first-order valence-electron chi connectivity index (χ1n) is 14.1. The summed E-state index contributed by atoms with van der Waals surface area (Å²) in [6, 6.07) is 14.1. The number of allylic oxidation sites excluding steroid dienone is 2. The Balaban J connectivity index is 1.46. The summed E-state index contributed by atoms with van der Waals surface area (Å²) in [5.41, 5.74) is 1.21. The number of fused-ring (bicyclic) bond motifs is 4. The minimum Gasteiger partial charge on any atom is -0.507 e. The largest absolute Gasteiger partial charge is 0.507 e. The van der Waals surface area contributed by atoms with Crippen molar-refractivity contribution >= 4 is 35.3 Å². The third kappa shape index (κ3) is 3.85. The number of anilines is 1. The molecule has 0 spiro atoms. The van der Waals surface area contributed by atoms with E-state index >= 15 is 0 Å². The number of aromatic hydroxyl groups is 1. The van der Waals surface area contributed by atoms with Gasteiger partial charge in [0, 0.05) is 24.4 Å². The van der Waals surface area contributed by atoms with Crippen LogP contribution < -0.4 is 4.90 Å². The predicted octanol–water partition coefficient (Wildman–Crippen LogP) is 3.80. The Morgan fingerprint density at radius 3 is 2.41 bits per heavy atom. The molecule has 2 heterocycles. The number of imide groups is 2. The second-order valence-electron chi connectivity index (χ2n) is 11.8. The van der Waals surface area contributed by atoms with Crippen molar-refractivity contribution in [3.8, 4) is 5.75 Å². The van der Waals surface area contributed by atoms with Crippen molar-refractivity contribution in [2.24, 2.45) is 29.1 Å². The highest BCUT2D eigenvalue weighted by atomic mass is 16.4. The fraction of sp³-hybridized carbons (Fsp3) is 0.406. The molecule has 3 fully saturated rings. The van der Waals surface area contributed by atoms with Crippen LogP contribution in [0.2, 0.25) is 0 Å². The van der Waals surface area contributed by atoms with E-state index in [0.717, 1.165) is 5.57 Å². The number of hydrogen-bond donors (Lipinski definition) is 2. The first-order chi connectivity index (χ1) is 19.6. The summed E-state index contributed by atoms with van der Waals surface area (Å²) >= 11 is 0. The van der Waals surface area contributed by atoms with Gasteiger partial charge in [0.1, 0.15) is 5.75 Å². The van der Waals surface area contributed by atoms with E-state index in [4.69, 9.17) is 5.11 Å². The third-order valence-corrected chi connectivity index (χ3v) is 9.73. The van der Waals surface area contributed by atoms with Crippen molar-refractivity contribution < 1.29 is 34.2 Å². The van der Waals surface area contributed by atoms with Crippen LogP contribution in [0, 0.1) is 36.0 Å². The Labute approximate surface area is 237 Å². The van der Waals surface area contributed by atoms with Crippen LogP contribution in [0.5, 0.6) is 5.75 Å². The number of rotatable bonds is 6. The summed E-state index contributed by atoms with van der Waals surface area (Å²) in [6.07, 6.45) is 2.47. The topological polar surface area (TPSA) is 132 Å². The van der Waals surface area contributed by atoms with Crippen LogP contribution in [0.25, 0.3) is 0 Å². The third-order valence-electron chi connectivity index (χ3n) is 9.73. The molecule has 2 saturated heterocycles. The maximum absolute atomic E-state index is 14.3. The number of carbonyl (C=O) groups is 5. The fourth-order valence-corrected chi connectivity index (χ4v) is 7.77. The molecule has 6 rings (SSSR count). The van der Waals surface area contributed by atoms with Crippen molar-refractivity contribution in [3.05, 3.63) is 71.3 Å². The van der Waals surface area contributed by atoms with Crippen molar-refractivity contribution in [2.75, 3.05) is 11.4 Å². The van der Waals surface area contributed by atoms with E-state index < -0.39 is 41.0 Å². The van der Waals surface area contributed by atoms with Gasteiger partial charge in [0.15, 0.2) is 0 Å². The molecule has 0 bridgehead atoms. The first kappa shape index (κ1) is 26.9. The molecule has 2 aliphatic carbocycles. The highest BCUT2D eigenvalue weighted by molar-refractivity contribution is 6.24. The van der Waals surface area contributed by atoms with E-state index in [1.54, 1.807) is 56.3 Å². The fourth-order valence-electron chi connectivity index (χ4n) is 7.77. The molecule has 9 heteroatoms. The van der Waals surface area contributed by atoms with Crippen LogP contribution in [0.1, 0.15) is 49.7 Å². The Bertz CT molecular complexity index is 1520. The van der Waals surface area contributed by atoms with Gasteiger partial charge in [-0.3, -0.25) is 28.9 Å². The summed E-state index contributed by atoms with van der Waals surface area (Å²) < 4.78 is 0. The van der Waals surface area contributed by atoms with Gasteiger partial charge in [-0.05, 0) is 56.7 Å². The van der Waals surface area contributed by atoms with Gasteiger partial charge in [0.2, 0.25) is 23.6 Å². The first-order valence-corrected chi connectivity index (χ1v) is 14.1. The molecule has 2 aromatic carbocycles. The summed E-state index contributed by atoms with van der Waals surface area (Å²) in [7, 11) is 0. The van der Waals surface area contributed by atoms with Gasteiger partial charge in [0.05, 0.1) is 28.9 Å². The SMILES string of the molecule is Cc1cccc([C@H]2C3=CC[C@@H]4C(=O)N(CCCC(=O)O)C(=O)[C@@H]4[C@@H]3C[C@H]3C(=O)N(c4ccccc4)C(=O)[C@@]23C)c1O. The van der Waals surface area contributed by atoms with Gasteiger partial charge < -0.3 is 10.2 Å². The molecule has 212 valence electrons. The molecule has 0 aromatic heterocycles. The molecule has 2 aromatic rings. The molecule has 1 saturated carbocycles. The number of carboxylic acid groups (broad SMARTS) is 1. The van der Waals surface area contributed by atoms with Crippen LogP contribution >= 0.6 is 0 Å². The van der Waals surface area contributed by atoms with E-state index in [-0.39, 0.29) is 55.2 Å². The minimum atomic E-state index is -1.22. The summed E-state index contributed by atoms with van der Waals surface area (Å²) in [6.45, 7) is 3.59. The number of carbonyl (C=O) groups excluding carboxylic acids is 4. The standard InChI is InChI=1S/C32H32N2O7/c1-17-8-6-11-21(27(17)37)26-19-13-14-20-25(30(40)33(28(20)38)15-7-12-24(35)36)22(19)16-23-29(39)34(31(41)32(23,26)2)18-9-4-3-5-10-18/h3-6,8-11,13,20,22-23,25-26,37H,7,12,14-16H2,1-2H3,(H,35,36)/t20-,22+,23-,25-,26+,32+/m0/s1. The van der Waals surface area contributed by atoms with Gasteiger partial charge in [-0.2, -0.15) is 0 Å². The lowest BCUT2D eigenvalue weighted by Crippen LogP contribution is -2.49. The van der Waals surface area contributed by atoms with Gasteiger partial charge in [-0.15, -0.1) is 0 Å². The van der Waals surface area contributed by atoms with E-state index in [1.165, 1.54) is 9.80 Å². The maximum atomic E-state index is 14.3. The Hall–Kier alpha value is -4.27.